The molecule has 0 radical (unpaired) electrons. The Morgan fingerprint density at radius 2 is 1.89 bits per heavy atom. The minimum Gasteiger partial charge on any atom is -0.493 e. The first-order valence-corrected chi connectivity index (χ1v) is 8.08. The summed E-state index contributed by atoms with van der Waals surface area (Å²) in [6.45, 7) is 2.95. The summed E-state index contributed by atoms with van der Waals surface area (Å²) in [6, 6.07) is 12.5. The average Bonchev–Trinajstić information content (AvgIpc) is 2.43. The van der Waals surface area contributed by atoms with E-state index in [0.717, 1.165) is 22.6 Å². The van der Waals surface area contributed by atoms with Crippen LogP contribution in [0.5, 0.6) is 5.75 Å². The van der Waals surface area contributed by atoms with Gasteiger partial charge in [-0.15, -0.1) is 0 Å². The Hall–Kier alpha value is -0.670. The van der Waals surface area contributed by atoms with Gasteiger partial charge in [0.15, 0.2) is 0 Å². The standard InChI is InChI=1S/C16H19BrOS/c1-2-3-12(11-19)10-18-16-7-5-13-8-15(17)6-4-14(13)9-16/h4-9,12,19H,2-3,10-11H2,1H3. The highest BCUT2D eigenvalue weighted by atomic mass is 79.9. The number of fused-ring (bicyclic) bond motifs is 1. The van der Waals surface area contributed by atoms with Gasteiger partial charge in [-0.3, -0.25) is 0 Å². The van der Waals surface area contributed by atoms with Crippen molar-refractivity contribution < 1.29 is 4.74 Å². The highest BCUT2D eigenvalue weighted by Gasteiger charge is 2.07. The average molecular weight is 339 g/mol. The van der Waals surface area contributed by atoms with Crippen LogP contribution < -0.4 is 4.74 Å². The minimum absolute atomic E-state index is 0.536. The van der Waals surface area contributed by atoms with Crippen LogP contribution in [0.3, 0.4) is 0 Å². The van der Waals surface area contributed by atoms with Crippen LogP contribution in [0.15, 0.2) is 40.9 Å². The van der Waals surface area contributed by atoms with Crippen molar-refractivity contribution in [1.82, 2.24) is 0 Å². The zero-order chi connectivity index (χ0) is 13.7. The fourth-order valence-electron chi connectivity index (χ4n) is 2.13. The first kappa shape index (κ1) is 14.7. The molecule has 0 aliphatic rings. The molecule has 3 heteroatoms. The molecule has 1 nitrogen and oxygen atoms in total. The third-order valence-electron chi connectivity index (χ3n) is 3.21. The molecule has 19 heavy (non-hydrogen) atoms. The van der Waals surface area contributed by atoms with E-state index in [4.69, 9.17) is 4.74 Å². The molecule has 0 aliphatic heterocycles. The molecule has 2 aromatic rings. The van der Waals surface area contributed by atoms with Gasteiger partial charge in [-0.2, -0.15) is 12.6 Å². The predicted molar refractivity (Wildman–Crippen MR) is 89.4 cm³/mol. The quantitative estimate of drug-likeness (QED) is 0.700. The molecular formula is C16H19BrOS. The Kier molecular flexibility index (Phi) is 5.59. The minimum atomic E-state index is 0.536. The molecular weight excluding hydrogens is 320 g/mol. The summed E-state index contributed by atoms with van der Waals surface area (Å²) < 4.78 is 6.99. The highest BCUT2D eigenvalue weighted by molar-refractivity contribution is 9.10. The van der Waals surface area contributed by atoms with Crippen molar-refractivity contribution in [3.05, 3.63) is 40.9 Å². The van der Waals surface area contributed by atoms with Gasteiger partial charge in [0.2, 0.25) is 0 Å². The molecule has 102 valence electrons. The predicted octanol–water partition coefficient (Wildman–Crippen LogP) is 5.33. The monoisotopic (exact) mass is 338 g/mol. The topological polar surface area (TPSA) is 9.23 Å². The van der Waals surface area contributed by atoms with Crippen molar-refractivity contribution in [2.45, 2.75) is 19.8 Å². The fraction of sp³-hybridized carbons (Fsp3) is 0.375. The SMILES string of the molecule is CCCC(CS)COc1ccc2cc(Br)ccc2c1. The van der Waals surface area contributed by atoms with Gasteiger partial charge in [-0.25, -0.2) is 0 Å². The van der Waals surface area contributed by atoms with Crippen LogP contribution in [0.25, 0.3) is 10.8 Å². The number of halogens is 1. The lowest BCUT2D eigenvalue weighted by Gasteiger charge is -2.15. The van der Waals surface area contributed by atoms with Crippen molar-refractivity contribution in [2.75, 3.05) is 12.4 Å². The Balaban J connectivity index is 2.07. The summed E-state index contributed by atoms with van der Waals surface area (Å²) in [5.41, 5.74) is 0. The van der Waals surface area contributed by atoms with Gasteiger partial charge >= 0.3 is 0 Å². The van der Waals surface area contributed by atoms with Crippen LogP contribution >= 0.6 is 28.6 Å². The van der Waals surface area contributed by atoms with Crippen LogP contribution in [0.1, 0.15) is 19.8 Å². The number of benzene rings is 2. The first-order chi connectivity index (χ1) is 9.22. The third kappa shape index (κ3) is 4.15. The number of ether oxygens (including phenoxy) is 1. The van der Waals surface area contributed by atoms with Crippen molar-refractivity contribution >= 4 is 39.3 Å². The number of hydrogen-bond donors (Lipinski definition) is 1. The maximum absolute atomic E-state index is 5.89. The molecule has 0 heterocycles. The van der Waals surface area contributed by atoms with Gasteiger partial charge in [0, 0.05) is 10.4 Å². The van der Waals surface area contributed by atoms with Crippen LogP contribution in [0, 0.1) is 5.92 Å². The fourth-order valence-corrected chi connectivity index (χ4v) is 2.80. The lowest BCUT2D eigenvalue weighted by Crippen LogP contribution is -2.13. The van der Waals surface area contributed by atoms with E-state index >= 15 is 0 Å². The second kappa shape index (κ2) is 7.20. The molecule has 0 spiro atoms. The molecule has 2 rings (SSSR count). The van der Waals surface area contributed by atoms with Crippen LogP contribution in [-0.2, 0) is 0 Å². The zero-order valence-corrected chi connectivity index (χ0v) is 13.6. The largest absolute Gasteiger partial charge is 0.493 e. The maximum Gasteiger partial charge on any atom is 0.119 e. The molecule has 1 unspecified atom stereocenters. The second-order valence-corrected chi connectivity index (χ2v) is 6.08. The van der Waals surface area contributed by atoms with Crippen LogP contribution in [0.2, 0.25) is 0 Å². The van der Waals surface area contributed by atoms with E-state index in [1.807, 2.05) is 6.07 Å². The van der Waals surface area contributed by atoms with Crippen molar-refractivity contribution in [3.8, 4) is 5.75 Å². The van der Waals surface area contributed by atoms with E-state index in [2.05, 4.69) is 65.8 Å². The molecule has 0 aromatic heterocycles. The molecule has 2 aromatic carbocycles. The molecule has 0 saturated carbocycles. The van der Waals surface area contributed by atoms with Crippen molar-refractivity contribution in [3.63, 3.8) is 0 Å². The summed E-state index contributed by atoms with van der Waals surface area (Å²) in [5, 5.41) is 2.43. The normalized spacial score (nSPS) is 12.6. The number of hydrogen-bond acceptors (Lipinski definition) is 2. The van der Waals surface area contributed by atoms with Crippen molar-refractivity contribution in [2.24, 2.45) is 5.92 Å². The molecule has 0 aliphatic carbocycles. The lowest BCUT2D eigenvalue weighted by atomic mass is 10.1. The Morgan fingerprint density at radius 3 is 2.63 bits per heavy atom. The maximum atomic E-state index is 5.89. The van der Waals surface area contributed by atoms with Crippen molar-refractivity contribution in [1.29, 1.82) is 0 Å². The molecule has 0 bridgehead atoms. The van der Waals surface area contributed by atoms with E-state index in [1.54, 1.807) is 0 Å². The smallest absolute Gasteiger partial charge is 0.119 e. The summed E-state index contributed by atoms with van der Waals surface area (Å²) in [6.07, 6.45) is 2.35. The summed E-state index contributed by atoms with van der Waals surface area (Å²) >= 11 is 7.87. The molecule has 0 saturated heterocycles. The van der Waals surface area contributed by atoms with Crippen LogP contribution in [-0.4, -0.2) is 12.4 Å². The van der Waals surface area contributed by atoms with E-state index < -0.39 is 0 Å². The molecule has 0 amide bonds. The highest BCUT2D eigenvalue weighted by Crippen LogP contribution is 2.24. The first-order valence-electron chi connectivity index (χ1n) is 6.66. The third-order valence-corrected chi connectivity index (χ3v) is 4.22. The Morgan fingerprint density at radius 1 is 1.16 bits per heavy atom. The van der Waals surface area contributed by atoms with Gasteiger partial charge in [0.25, 0.3) is 0 Å². The van der Waals surface area contributed by atoms with Gasteiger partial charge in [0.1, 0.15) is 5.75 Å². The van der Waals surface area contributed by atoms with Gasteiger partial charge in [-0.05, 0) is 47.2 Å². The number of rotatable bonds is 6. The Bertz CT molecular complexity index is 541. The second-order valence-electron chi connectivity index (χ2n) is 4.80. The van der Waals surface area contributed by atoms with Crippen LogP contribution in [0.4, 0.5) is 0 Å². The summed E-state index contributed by atoms with van der Waals surface area (Å²) in [7, 11) is 0. The molecule has 0 fully saturated rings. The lowest BCUT2D eigenvalue weighted by molar-refractivity contribution is 0.255. The Labute approximate surface area is 128 Å². The number of thiol groups is 1. The van der Waals surface area contributed by atoms with E-state index in [-0.39, 0.29) is 0 Å². The van der Waals surface area contributed by atoms with E-state index in [9.17, 15) is 0 Å². The van der Waals surface area contributed by atoms with Gasteiger partial charge in [0.05, 0.1) is 6.61 Å². The summed E-state index contributed by atoms with van der Waals surface area (Å²) in [5.74, 6) is 2.36. The van der Waals surface area contributed by atoms with Gasteiger partial charge < -0.3 is 4.74 Å². The summed E-state index contributed by atoms with van der Waals surface area (Å²) in [4.78, 5) is 0. The zero-order valence-electron chi connectivity index (χ0n) is 11.1. The van der Waals surface area contributed by atoms with E-state index in [1.165, 1.54) is 23.6 Å². The molecule has 1 atom stereocenters. The van der Waals surface area contributed by atoms with Gasteiger partial charge in [-0.1, -0.05) is 41.4 Å². The van der Waals surface area contributed by atoms with E-state index in [0.29, 0.717) is 5.92 Å². The molecule has 0 N–H and O–H groups in total.